The highest BCUT2D eigenvalue weighted by Crippen LogP contribution is 2.27. The van der Waals surface area contributed by atoms with E-state index in [0.717, 1.165) is 0 Å². The number of allylic oxidation sites excluding steroid dienone is 1. The van der Waals surface area contributed by atoms with Crippen molar-refractivity contribution in [1.82, 2.24) is 10.6 Å². The van der Waals surface area contributed by atoms with Gasteiger partial charge in [-0.1, -0.05) is 12.1 Å². The van der Waals surface area contributed by atoms with Crippen molar-refractivity contribution in [2.45, 2.75) is 13.0 Å². The van der Waals surface area contributed by atoms with E-state index in [9.17, 15) is 14.0 Å². The van der Waals surface area contributed by atoms with Gasteiger partial charge < -0.3 is 15.4 Å². The molecule has 1 aliphatic rings. The van der Waals surface area contributed by atoms with Crippen LogP contribution < -0.4 is 10.6 Å². The second-order valence-electron chi connectivity index (χ2n) is 4.11. The molecule has 1 aromatic carbocycles. The number of esters is 1. The van der Waals surface area contributed by atoms with Crippen LogP contribution in [-0.4, -0.2) is 19.1 Å². The number of carbonyl (C=O) groups is 2. The largest absolute Gasteiger partial charge is 0.466 e. The Kier molecular flexibility index (Phi) is 3.50. The number of hydrogen-bond donors (Lipinski definition) is 2. The molecule has 2 amide bonds. The van der Waals surface area contributed by atoms with Crippen molar-refractivity contribution in [3.8, 4) is 0 Å². The number of urea groups is 1. The van der Waals surface area contributed by atoms with E-state index in [1.807, 2.05) is 0 Å². The van der Waals surface area contributed by atoms with Gasteiger partial charge in [-0.25, -0.2) is 14.0 Å². The molecule has 0 bridgehead atoms. The molecule has 19 heavy (non-hydrogen) atoms. The van der Waals surface area contributed by atoms with Crippen LogP contribution in [0.2, 0.25) is 0 Å². The molecule has 1 atom stereocenters. The second kappa shape index (κ2) is 5.09. The van der Waals surface area contributed by atoms with Gasteiger partial charge in [0.2, 0.25) is 0 Å². The number of methoxy groups -OCH3 is 1. The predicted molar refractivity (Wildman–Crippen MR) is 65.5 cm³/mol. The van der Waals surface area contributed by atoms with E-state index >= 15 is 0 Å². The standard InChI is InChI=1S/C13H13FN2O3/c1-7-10(12(17)19-2)11(16-13(18)15-7)8-3-5-9(14)6-4-8/h3-6,11H,1-2H3,(H2,15,16,18). The first-order valence-corrected chi connectivity index (χ1v) is 5.65. The third-order valence-electron chi connectivity index (χ3n) is 2.88. The molecule has 1 aromatic rings. The molecule has 1 heterocycles. The molecular weight excluding hydrogens is 251 g/mol. The first-order valence-electron chi connectivity index (χ1n) is 5.65. The third kappa shape index (κ3) is 2.57. The summed E-state index contributed by atoms with van der Waals surface area (Å²) in [5.41, 5.74) is 1.33. The van der Waals surface area contributed by atoms with Gasteiger partial charge in [-0.05, 0) is 24.6 Å². The van der Waals surface area contributed by atoms with Crippen molar-refractivity contribution in [2.24, 2.45) is 0 Å². The van der Waals surface area contributed by atoms with Crippen LogP contribution in [-0.2, 0) is 9.53 Å². The maximum atomic E-state index is 12.9. The Balaban J connectivity index is 2.46. The Morgan fingerprint density at radius 1 is 1.32 bits per heavy atom. The number of amides is 2. The lowest BCUT2D eigenvalue weighted by Crippen LogP contribution is -2.45. The van der Waals surface area contributed by atoms with Gasteiger partial charge in [0.15, 0.2) is 0 Å². The number of carbonyl (C=O) groups excluding carboxylic acids is 2. The van der Waals surface area contributed by atoms with E-state index < -0.39 is 18.0 Å². The number of ether oxygens (including phenoxy) is 1. The first kappa shape index (κ1) is 13.1. The van der Waals surface area contributed by atoms with E-state index in [1.54, 1.807) is 6.92 Å². The van der Waals surface area contributed by atoms with Crippen LogP contribution in [0, 0.1) is 5.82 Å². The molecule has 0 radical (unpaired) electrons. The van der Waals surface area contributed by atoms with Crippen molar-refractivity contribution in [2.75, 3.05) is 7.11 Å². The van der Waals surface area contributed by atoms with Crippen molar-refractivity contribution >= 4 is 12.0 Å². The van der Waals surface area contributed by atoms with Crippen LogP contribution in [0.1, 0.15) is 18.5 Å². The molecular formula is C13H13FN2O3. The lowest BCUT2D eigenvalue weighted by atomic mass is 9.95. The van der Waals surface area contributed by atoms with Crippen LogP contribution in [0.4, 0.5) is 9.18 Å². The van der Waals surface area contributed by atoms with E-state index in [0.29, 0.717) is 16.8 Å². The van der Waals surface area contributed by atoms with Gasteiger partial charge in [0.25, 0.3) is 0 Å². The van der Waals surface area contributed by atoms with E-state index in [4.69, 9.17) is 4.74 Å². The van der Waals surface area contributed by atoms with Crippen LogP contribution in [0.25, 0.3) is 0 Å². The third-order valence-corrected chi connectivity index (χ3v) is 2.88. The topological polar surface area (TPSA) is 67.4 Å². The molecule has 0 saturated heterocycles. The quantitative estimate of drug-likeness (QED) is 0.798. The van der Waals surface area contributed by atoms with Gasteiger partial charge >= 0.3 is 12.0 Å². The second-order valence-corrected chi connectivity index (χ2v) is 4.11. The number of nitrogens with one attached hydrogen (secondary N) is 2. The monoisotopic (exact) mass is 264 g/mol. The molecule has 5 nitrogen and oxygen atoms in total. The summed E-state index contributed by atoms with van der Waals surface area (Å²) in [6.45, 7) is 1.61. The number of benzene rings is 1. The van der Waals surface area contributed by atoms with Gasteiger partial charge in [0, 0.05) is 5.70 Å². The van der Waals surface area contributed by atoms with Gasteiger partial charge in [-0.3, -0.25) is 0 Å². The van der Waals surface area contributed by atoms with E-state index in [1.165, 1.54) is 31.4 Å². The van der Waals surface area contributed by atoms with Crippen LogP contribution in [0.3, 0.4) is 0 Å². The Hall–Kier alpha value is -2.37. The SMILES string of the molecule is COC(=O)C1=C(C)NC(=O)NC1c1ccc(F)cc1. The minimum Gasteiger partial charge on any atom is -0.466 e. The summed E-state index contributed by atoms with van der Waals surface area (Å²) in [5.74, 6) is -0.927. The minimum absolute atomic E-state index is 0.300. The highest BCUT2D eigenvalue weighted by Gasteiger charge is 2.31. The summed E-state index contributed by atoms with van der Waals surface area (Å²) >= 11 is 0. The minimum atomic E-state index is -0.651. The average molecular weight is 264 g/mol. The number of halogens is 1. The lowest BCUT2D eigenvalue weighted by Gasteiger charge is -2.27. The molecule has 0 fully saturated rings. The van der Waals surface area contributed by atoms with Crippen molar-refractivity contribution < 1.29 is 18.7 Å². The molecule has 1 unspecified atom stereocenters. The molecule has 100 valence electrons. The fraction of sp³-hybridized carbons (Fsp3) is 0.231. The Labute approximate surface area is 109 Å². The zero-order valence-electron chi connectivity index (χ0n) is 10.5. The normalized spacial score (nSPS) is 18.7. The van der Waals surface area contributed by atoms with E-state index in [2.05, 4.69) is 10.6 Å². The molecule has 2 rings (SSSR count). The summed E-state index contributed by atoms with van der Waals surface area (Å²) in [7, 11) is 1.26. The summed E-state index contributed by atoms with van der Waals surface area (Å²) in [6.07, 6.45) is 0. The first-order chi connectivity index (χ1) is 9.02. The smallest absolute Gasteiger partial charge is 0.337 e. The predicted octanol–water partition coefficient (Wildman–Crippen LogP) is 1.63. The number of rotatable bonds is 2. The van der Waals surface area contributed by atoms with Crippen LogP contribution in [0.15, 0.2) is 35.5 Å². The maximum Gasteiger partial charge on any atom is 0.337 e. The summed E-state index contributed by atoms with van der Waals surface area (Å²) in [5, 5.41) is 5.13. The molecule has 0 aliphatic carbocycles. The zero-order valence-corrected chi connectivity index (χ0v) is 10.5. The van der Waals surface area contributed by atoms with Gasteiger partial charge in [-0.2, -0.15) is 0 Å². The van der Waals surface area contributed by atoms with Crippen molar-refractivity contribution in [3.63, 3.8) is 0 Å². The number of hydrogen-bond acceptors (Lipinski definition) is 3. The van der Waals surface area contributed by atoms with Gasteiger partial charge in [0.1, 0.15) is 5.82 Å². The summed E-state index contributed by atoms with van der Waals surface area (Å²) in [6, 6.07) is 4.51. The average Bonchev–Trinajstić information content (AvgIpc) is 2.38. The van der Waals surface area contributed by atoms with Crippen LogP contribution in [0.5, 0.6) is 0 Å². The summed E-state index contributed by atoms with van der Waals surface area (Å²) < 4.78 is 17.6. The van der Waals surface area contributed by atoms with Gasteiger partial charge in [0.05, 0.1) is 18.7 Å². The Morgan fingerprint density at radius 3 is 2.53 bits per heavy atom. The van der Waals surface area contributed by atoms with Gasteiger partial charge in [-0.15, -0.1) is 0 Å². The molecule has 1 aliphatic heterocycles. The van der Waals surface area contributed by atoms with Crippen LogP contribution >= 0.6 is 0 Å². The zero-order chi connectivity index (χ0) is 14.0. The maximum absolute atomic E-state index is 12.9. The highest BCUT2D eigenvalue weighted by atomic mass is 19.1. The fourth-order valence-electron chi connectivity index (χ4n) is 1.98. The molecule has 2 N–H and O–H groups in total. The summed E-state index contributed by atoms with van der Waals surface area (Å²) in [4.78, 5) is 23.3. The highest BCUT2D eigenvalue weighted by molar-refractivity contribution is 5.94. The molecule has 0 aromatic heterocycles. The molecule has 0 saturated carbocycles. The van der Waals surface area contributed by atoms with E-state index in [-0.39, 0.29) is 5.82 Å². The van der Waals surface area contributed by atoms with Crippen molar-refractivity contribution in [1.29, 1.82) is 0 Å². The molecule has 6 heteroatoms. The Bertz CT molecular complexity index is 552. The Morgan fingerprint density at radius 2 is 1.95 bits per heavy atom. The lowest BCUT2D eigenvalue weighted by molar-refractivity contribution is -0.136. The fourth-order valence-corrected chi connectivity index (χ4v) is 1.98. The molecule has 0 spiro atoms. The van der Waals surface area contributed by atoms with Crippen molar-refractivity contribution in [3.05, 3.63) is 46.9 Å².